The van der Waals surface area contributed by atoms with Gasteiger partial charge in [-0.25, -0.2) is 4.99 Å². The molecule has 0 saturated heterocycles. The van der Waals surface area contributed by atoms with Gasteiger partial charge >= 0.3 is 0 Å². The first-order valence-corrected chi connectivity index (χ1v) is 6.99. The lowest BCUT2D eigenvalue weighted by Crippen LogP contribution is -2.13. The van der Waals surface area contributed by atoms with Gasteiger partial charge in [0.05, 0.1) is 11.6 Å². The van der Waals surface area contributed by atoms with Gasteiger partial charge in [-0.15, -0.1) is 11.6 Å². The highest BCUT2D eigenvalue weighted by Gasteiger charge is 2.08. The van der Waals surface area contributed by atoms with Crippen LogP contribution < -0.4 is 11.1 Å². The molecule has 0 saturated carbocycles. The first-order valence-electron chi connectivity index (χ1n) is 6.46. The summed E-state index contributed by atoms with van der Waals surface area (Å²) in [6.45, 7) is 1.90. The molecular formula is C16H16ClN3O. The fraction of sp³-hybridized carbons (Fsp3) is 0.125. The first kappa shape index (κ1) is 15.1. The average molecular weight is 302 g/mol. The number of halogens is 1. The van der Waals surface area contributed by atoms with Gasteiger partial charge in [0.15, 0.2) is 0 Å². The van der Waals surface area contributed by atoms with E-state index in [1.54, 1.807) is 30.3 Å². The van der Waals surface area contributed by atoms with Gasteiger partial charge in [0.25, 0.3) is 5.91 Å². The van der Waals surface area contributed by atoms with Crippen LogP contribution in [-0.2, 0) is 0 Å². The van der Waals surface area contributed by atoms with Gasteiger partial charge in [-0.1, -0.05) is 24.3 Å². The summed E-state index contributed by atoms with van der Waals surface area (Å²) in [5.41, 5.74) is 8.48. The fourth-order valence-electron chi connectivity index (χ4n) is 1.88. The third-order valence-corrected chi connectivity index (χ3v) is 3.18. The molecule has 2 rings (SSSR count). The van der Waals surface area contributed by atoms with Gasteiger partial charge in [-0.2, -0.15) is 0 Å². The normalized spacial score (nSPS) is 11.2. The molecule has 3 N–H and O–H groups in total. The number of rotatable bonds is 4. The molecule has 0 radical (unpaired) electrons. The minimum absolute atomic E-state index is 0.153. The number of hydrogen-bond donors (Lipinski definition) is 2. The molecule has 2 aromatic carbocycles. The molecule has 1 amide bonds. The minimum atomic E-state index is -0.153. The van der Waals surface area contributed by atoms with Crippen molar-refractivity contribution in [1.29, 1.82) is 0 Å². The fourth-order valence-corrected chi connectivity index (χ4v) is 1.93. The van der Waals surface area contributed by atoms with E-state index in [2.05, 4.69) is 10.3 Å². The molecule has 0 fully saturated rings. The zero-order valence-corrected chi connectivity index (χ0v) is 12.4. The van der Waals surface area contributed by atoms with Gasteiger partial charge in [0, 0.05) is 11.3 Å². The van der Waals surface area contributed by atoms with Crippen LogP contribution in [0.25, 0.3) is 0 Å². The Bertz CT molecular complexity index is 683. The maximum Gasteiger partial charge on any atom is 0.255 e. The molecule has 0 bridgehead atoms. The van der Waals surface area contributed by atoms with Crippen molar-refractivity contribution in [2.75, 3.05) is 11.2 Å². The molecule has 0 aromatic heterocycles. The molecule has 0 atom stereocenters. The number of hydrogen-bond acceptors (Lipinski definition) is 2. The van der Waals surface area contributed by atoms with Crippen molar-refractivity contribution in [1.82, 2.24) is 0 Å². The second-order valence-corrected chi connectivity index (χ2v) is 4.82. The summed E-state index contributed by atoms with van der Waals surface area (Å²) in [7, 11) is 0. The highest BCUT2D eigenvalue weighted by molar-refractivity contribution is 6.28. The Morgan fingerprint density at radius 2 is 2.00 bits per heavy atom. The van der Waals surface area contributed by atoms with Gasteiger partial charge in [-0.3, -0.25) is 4.79 Å². The van der Waals surface area contributed by atoms with Gasteiger partial charge in [-0.05, 0) is 36.8 Å². The number of nitrogens with one attached hydrogen (secondary N) is 1. The van der Waals surface area contributed by atoms with Crippen molar-refractivity contribution in [3.63, 3.8) is 0 Å². The maximum absolute atomic E-state index is 12.2. The predicted octanol–water partition coefficient (Wildman–Crippen LogP) is 3.47. The number of carbonyl (C=O) groups is 1. The quantitative estimate of drug-likeness (QED) is 0.516. The van der Waals surface area contributed by atoms with Crippen LogP contribution in [0.5, 0.6) is 0 Å². The minimum Gasteiger partial charge on any atom is -0.386 e. The van der Waals surface area contributed by atoms with Crippen LogP contribution in [0, 0.1) is 6.92 Å². The van der Waals surface area contributed by atoms with Gasteiger partial charge in [0.1, 0.15) is 5.84 Å². The molecule has 0 unspecified atom stereocenters. The largest absolute Gasteiger partial charge is 0.386 e. The van der Waals surface area contributed by atoms with Crippen LogP contribution in [-0.4, -0.2) is 17.6 Å². The van der Waals surface area contributed by atoms with Crippen LogP contribution in [0.15, 0.2) is 53.5 Å². The van der Waals surface area contributed by atoms with Crippen LogP contribution in [0.4, 0.5) is 11.4 Å². The number of carbonyl (C=O) groups excluding carboxylic acids is 1. The molecule has 108 valence electrons. The number of amides is 1. The number of nitrogens with zero attached hydrogens (tertiary/aromatic N) is 1. The number of amidine groups is 1. The van der Waals surface area contributed by atoms with E-state index in [4.69, 9.17) is 17.3 Å². The summed E-state index contributed by atoms with van der Waals surface area (Å²) in [6, 6.07) is 14.6. The average Bonchev–Trinajstić information content (AvgIpc) is 2.47. The summed E-state index contributed by atoms with van der Waals surface area (Å²) in [5.74, 6) is 0.346. The molecule has 5 heteroatoms. The van der Waals surface area contributed by atoms with E-state index >= 15 is 0 Å². The van der Waals surface area contributed by atoms with Crippen molar-refractivity contribution >= 4 is 34.7 Å². The first-order chi connectivity index (χ1) is 10.1. The molecule has 21 heavy (non-hydrogen) atoms. The SMILES string of the molecule is Cc1ccccc1C(=O)Nc1cccc(N=C(N)CCl)c1. The Labute approximate surface area is 128 Å². The second-order valence-electron chi connectivity index (χ2n) is 4.56. The number of anilines is 1. The van der Waals surface area contributed by atoms with E-state index in [0.29, 0.717) is 22.8 Å². The third-order valence-electron chi connectivity index (χ3n) is 2.90. The molecule has 0 spiro atoms. The number of aliphatic imine (C=N–C) groups is 1. The van der Waals surface area contributed by atoms with Crippen molar-refractivity contribution in [3.8, 4) is 0 Å². The molecule has 0 heterocycles. The van der Waals surface area contributed by atoms with Crippen LogP contribution in [0.2, 0.25) is 0 Å². The van der Waals surface area contributed by atoms with Crippen molar-refractivity contribution < 1.29 is 4.79 Å². The number of benzene rings is 2. The Morgan fingerprint density at radius 3 is 2.71 bits per heavy atom. The van der Waals surface area contributed by atoms with E-state index in [1.165, 1.54) is 0 Å². The standard InChI is InChI=1S/C16H16ClN3O/c1-11-5-2-3-8-14(11)16(21)20-13-7-4-6-12(9-13)19-15(18)10-17/h2-9H,10H2,1H3,(H2,18,19)(H,20,21). The lowest BCUT2D eigenvalue weighted by Gasteiger charge is -2.08. The zero-order chi connectivity index (χ0) is 15.2. The summed E-state index contributed by atoms with van der Waals surface area (Å²) in [6.07, 6.45) is 0. The van der Waals surface area contributed by atoms with E-state index in [1.807, 2.05) is 25.1 Å². The summed E-state index contributed by atoms with van der Waals surface area (Å²) < 4.78 is 0. The molecule has 0 aliphatic rings. The molecule has 2 aromatic rings. The smallest absolute Gasteiger partial charge is 0.255 e. The molecule has 0 aliphatic heterocycles. The Hall–Kier alpha value is -2.33. The Morgan fingerprint density at radius 1 is 1.24 bits per heavy atom. The van der Waals surface area contributed by atoms with Gasteiger partial charge in [0.2, 0.25) is 0 Å². The lowest BCUT2D eigenvalue weighted by atomic mass is 10.1. The van der Waals surface area contributed by atoms with Gasteiger partial charge < -0.3 is 11.1 Å². The van der Waals surface area contributed by atoms with E-state index in [9.17, 15) is 4.79 Å². The second kappa shape index (κ2) is 6.90. The highest BCUT2D eigenvalue weighted by atomic mass is 35.5. The third kappa shape index (κ3) is 4.07. The predicted molar refractivity (Wildman–Crippen MR) is 87.6 cm³/mol. The van der Waals surface area contributed by atoms with Crippen LogP contribution >= 0.6 is 11.6 Å². The topological polar surface area (TPSA) is 67.5 Å². The van der Waals surface area contributed by atoms with E-state index in [0.717, 1.165) is 5.56 Å². The maximum atomic E-state index is 12.2. The summed E-state index contributed by atoms with van der Waals surface area (Å²) in [4.78, 5) is 16.4. The monoisotopic (exact) mass is 301 g/mol. The zero-order valence-electron chi connectivity index (χ0n) is 11.6. The summed E-state index contributed by atoms with van der Waals surface area (Å²) in [5, 5.41) is 2.85. The summed E-state index contributed by atoms with van der Waals surface area (Å²) >= 11 is 5.60. The Balaban J connectivity index is 2.19. The van der Waals surface area contributed by atoms with E-state index < -0.39 is 0 Å². The molecular weight excluding hydrogens is 286 g/mol. The highest BCUT2D eigenvalue weighted by Crippen LogP contribution is 2.19. The lowest BCUT2D eigenvalue weighted by molar-refractivity contribution is 0.102. The number of nitrogens with two attached hydrogens (primary N) is 1. The Kier molecular flexibility index (Phi) is 4.95. The number of aryl methyl sites for hydroxylation is 1. The van der Waals surface area contributed by atoms with Crippen LogP contribution in [0.1, 0.15) is 15.9 Å². The van der Waals surface area contributed by atoms with Crippen molar-refractivity contribution in [2.45, 2.75) is 6.92 Å². The molecule has 0 aliphatic carbocycles. The van der Waals surface area contributed by atoms with Crippen molar-refractivity contribution in [3.05, 3.63) is 59.7 Å². The van der Waals surface area contributed by atoms with Crippen molar-refractivity contribution in [2.24, 2.45) is 10.7 Å². The number of alkyl halides is 1. The molecule has 4 nitrogen and oxygen atoms in total. The van der Waals surface area contributed by atoms with Crippen LogP contribution in [0.3, 0.4) is 0 Å². The van der Waals surface area contributed by atoms with E-state index in [-0.39, 0.29) is 11.8 Å².